The van der Waals surface area contributed by atoms with Crippen LogP contribution in [-0.2, 0) is 17.3 Å². The molecule has 2 aromatic rings. The highest BCUT2D eigenvalue weighted by Crippen LogP contribution is 2.34. The van der Waals surface area contributed by atoms with Gasteiger partial charge in [-0.2, -0.15) is 17.0 Å². The van der Waals surface area contributed by atoms with E-state index in [4.69, 9.17) is 0 Å². The molecule has 0 radical (unpaired) electrons. The van der Waals surface area contributed by atoms with Crippen LogP contribution in [0.25, 0.3) is 11.4 Å². The van der Waals surface area contributed by atoms with E-state index in [0.29, 0.717) is 12.4 Å². The molecule has 0 spiro atoms. The van der Waals surface area contributed by atoms with Crippen LogP contribution in [0.1, 0.15) is 30.4 Å². The highest BCUT2D eigenvalue weighted by molar-refractivity contribution is 7.86. The molecule has 1 unspecified atom stereocenters. The van der Waals surface area contributed by atoms with Crippen LogP contribution in [0.5, 0.6) is 0 Å². The molecule has 24 heavy (non-hydrogen) atoms. The van der Waals surface area contributed by atoms with E-state index < -0.39 is 10.2 Å². The summed E-state index contributed by atoms with van der Waals surface area (Å²) in [4.78, 5) is 13.3. The first-order chi connectivity index (χ1) is 11.3. The zero-order chi connectivity index (χ0) is 17.5. The summed E-state index contributed by atoms with van der Waals surface area (Å²) in [5, 5.41) is 0. The molecular formula is C15H22N6O2S. The minimum atomic E-state index is -3.49. The lowest BCUT2D eigenvalue weighted by Crippen LogP contribution is -2.40. The van der Waals surface area contributed by atoms with Gasteiger partial charge in [-0.25, -0.2) is 15.0 Å². The Hall–Kier alpha value is -1.84. The summed E-state index contributed by atoms with van der Waals surface area (Å²) < 4.78 is 29.7. The normalized spacial score (nSPS) is 19.3. The third-order valence-corrected chi connectivity index (χ3v) is 6.16. The first-order valence-corrected chi connectivity index (χ1v) is 9.22. The van der Waals surface area contributed by atoms with Crippen molar-refractivity contribution in [1.82, 2.24) is 28.1 Å². The topological polar surface area (TPSA) is 84.2 Å². The lowest BCUT2D eigenvalue weighted by Gasteiger charge is -2.26. The molecule has 1 aliphatic heterocycles. The van der Waals surface area contributed by atoms with Gasteiger partial charge in [0, 0.05) is 33.4 Å². The first kappa shape index (κ1) is 17.0. The van der Waals surface area contributed by atoms with Crippen molar-refractivity contribution in [2.45, 2.75) is 25.8 Å². The predicted molar refractivity (Wildman–Crippen MR) is 90.3 cm³/mol. The van der Waals surface area contributed by atoms with Crippen molar-refractivity contribution in [2.75, 3.05) is 20.6 Å². The summed E-state index contributed by atoms with van der Waals surface area (Å²) in [7, 11) is 1.50. The minimum Gasteiger partial charge on any atom is -0.332 e. The second kappa shape index (κ2) is 6.23. The van der Waals surface area contributed by atoms with Crippen LogP contribution in [-0.4, -0.2) is 57.2 Å². The van der Waals surface area contributed by atoms with Gasteiger partial charge in [-0.05, 0) is 25.8 Å². The Labute approximate surface area is 142 Å². The van der Waals surface area contributed by atoms with E-state index in [-0.39, 0.29) is 6.04 Å². The van der Waals surface area contributed by atoms with E-state index in [2.05, 4.69) is 15.0 Å². The van der Waals surface area contributed by atoms with Crippen LogP contribution >= 0.6 is 0 Å². The van der Waals surface area contributed by atoms with E-state index in [1.165, 1.54) is 8.61 Å². The Bertz CT molecular complexity index is 845. The molecule has 3 heterocycles. The summed E-state index contributed by atoms with van der Waals surface area (Å²) in [6.45, 7) is 2.38. The monoisotopic (exact) mass is 350 g/mol. The van der Waals surface area contributed by atoms with Gasteiger partial charge in [0.1, 0.15) is 5.82 Å². The zero-order valence-electron chi connectivity index (χ0n) is 14.3. The van der Waals surface area contributed by atoms with Crippen molar-refractivity contribution in [2.24, 2.45) is 7.05 Å². The minimum absolute atomic E-state index is 0.329. The Morgan fingerprint density at radius 2 is 2.04 bits per heavy atom. The highest BCUT2D eigenvalue weighted by atomic mass is 32.2. The number of hydrogen-bond donors (Lipinski definition) is 0. The Morgan fingerprint density at radius 1 is 1.29 bits per heavy atom. The SMILES string of the molecule is Cc1cc(-c2cncn2C)nc(C2CCCN2S(=O)(=O)N(C)C)n1. The fraction of sp³-hybridized carbons (Fsp3) is 0.533. The standard InChI is InChI=1S/C15H22N6O2S/c1-11-8-12(14-9-16-10-20(14)4)18-15(17-11)13-6-5-7-21(13)24(22,23)19(2)3/h8-10,13H,5-7H2,1-4H3. The van der Waals surface area contributed by atoms with E-state index in [0.717, 1.165) is 29.9 Å². The van der Waals surface area contributed by atoms with Crippen molar-refractivity contribution in [3.8, 4) is 11.4 Å². The fourth-order valence-corrected chi connectivity index (χ4v) is 4.26. The molecule has 9 heteroatoms. The molecule has 0 bridgehead atoms. The van der Waals surface area contributed by atoms with Gasteiger partial charge in [0.05, 0.1) is 30.0 Å². The smallest absolute Gasteiger partial charge is 0.282 e. The lowest BCUT2D eigenvalue weighted by molar-refractivity contribution is 0.352. The molecule has 8 nitrogen and oxygen atoms in total. The van der Waals surface area contributed by atoms with E-state index >= 15 is 0 Å². The van der Waals surface area contributed by atoms with Gasteiger partial charge in [-0.3, -0.25) is 0 Å². The van der Waals surface area contributed by atoms with Crippen LogP contribution in [0, 0.1) is 6.92 Å². The molecule has 2 aromatic heterocycles. The van der Waals surface area contributed by atoms with E-state index in [1.807, 2.05) is 24.6 Å². The number of hydrogen-bond acceptors (Lipinski definition) is 5. The molecule has 0 amide bonds. The van der Waals surface area contributed by atoms with E-state index in [1.54, 1.807) is 26.6 Å². The van der Waals surface area contributed by atoms with Gasteiger partial charge in [0.15, 0.2) is 0 Å². The maximum atomic E-state index is 12.6. The number of nitrogens with zero attached hydrogens (tertiary/aromatic N) is 6. The van der Waals surface area contributed by atoms with Crippen LogP contribution in [0.3, 0.4) is 0 Å². The van der Waals surface area contributed by atoms with Crippen LogP contribution in [0.4, 0.5) is 0 Å². The van der Waals surface area contributed by atoms with Gasteiger partial charge < -0.3 is 4.57 Å². The van der Waals surface area contributed by atoms with Crippen molar-refractivity contribution >= 4 is 10.2 Å². The molecule has 1 aliphatic rings. The van der Waals surface area contributed by atoms with Gasteiger partial charge in [0.25, 0.3) is 10.2 Å². The number of aromatic nitrogens is 4. The third-order valence-electron chi connectivity index (χ3n) is 4.21. The number of imidazole rings is 1. The molecule has 130 valence electrons. The van der Waals surface area contributed by atoms with Gasteiger partial charge >= 0.3 is 0 Å². The Kier molecular flexibility index (Phi) is 4.41. The average Bonchev–Trinajstić information content (AvgIpc) is 3.15. The maximum absolute atomic E-state index is 12.6. The highest BCUT2D eigenvalue weighted by Gasteiger charge is 2.38. The van der Waals surface area contributed by atoms with Gasteiger partial charge in [-0.15, -0.1) is 0 Å². The zero-order valence-corrected chi connectivity index (χ0v) is 15.2. The quantitative estimate of drug-likeness (QED) is 0.825. The summed E-state index contributed by atoms with van der Waals surface area (Å²) >= 11 is 0. The molecule has 3 rings (SSSR count). The molecule has 1 saturated heterocycles. The molecule has 1 fully saturated rings. The molecular weight excluding hydrogens is 328 g/mol. The van der Waals surface area contributed by atoms with Crippen molar-refractivity contribution in [3.05, 3.63) is 30.1 Å². The van der Waals surface area contributed by atoms with Crippen LogP contribution in [0.15, 0.2) is 18.6 Å². The van der Waals surface area contributed by atoms with Crippen molar-refractivity contribution in [1.29, 1.82) is 0 Å². The Morgan fingerprint density at radius 3 is 2.67 bits per heavy atom. The lowest BCUT2D eigenvalue weighted by atomic mass is 10.2. The molecule has 0 aliphatic carbocycles. The summed E-state index contributed by atoms with van der Waals surface area (Å²) in [6.07, 6.45) is 4.98. The largest absolute Gasteiger partial charge is 0.332 e. The molecule has 1 atom stereocenters. The van der Waals surface area contributed by atoms with Crippen molar-refractivity contribution in [3.63, 3.8) is 0 Å². The second-order valence-electron chi connectivity index (χ2n) is 6.20. The summed E-state index contributed by atoms with van der Waals surface area (Å²) in [6, 6.07) is 1.56. The Balaban J connectivity index is 2.03. The summed E-state index contributed by atoms with van der Waals surface area (Å²) in [5.74, 6) is 0.550. The third kappa shape index (κ3) is 2.94. The fourth-order valence-electron chi connectivity index (χ4n) is 2.96. The van der Waals surface area contributed by atoms with Gasteiger partial charge in [0.2, 0.25) is 0 Å². The first-order valence-electron chi connectivity index (χ1n) is 7.82. The molecule has 0 aromatic carbocycles. The number of rotatable bonds is 4. The number of aryl methyl sites for hydroxylation is 2. The average molecular weight is 350 g/mol. The predicted octanol–water partition coefficient (Wildman–Crippen LogP) is 1.13. The van der Waals surface area contributed by atoms with Crippen LogP contribution in [0.2, 0.25) is 0 Å². The summed E-state index contributed by atoms with van der Waals surface area (Å²) in [5.41, 5.74) is 2.44. The second-order valence-corrected chi connectivity index (χ2v) is 8.30. The maximum Gasteiger partial charge on any atom is 0.282 e. The van der Waals surface area contributed by atoms with Gasteiger partial charge in [-0.1, -0.05) is 0 Å². The van der Waals surface area contributed by atoms with E-state index in [9.17, 15) is 8.42 Å². The molecule has 0 N–H and O–H groups in total. The molecule has 0 saturated carbocycles. The van der Waals surface area contributed by atoms with Crippen molar-refractivity contribution < 1.29 is 8.42 Å². The van der Waals surface area contributed by atoms with Crippen LogP contribution < -0.4 is 0 Å².